The third-order valence-electron chi connectivity index (χ3n) is 5.70. The minimum atomic E-state index is 0.0301. The first kappa shape index (κ1) is 22.3. The van der Waals surface area contributed by atoms with Crippen LogP contribution < -0.4 is 4.74 Å². The van der Waals surface area contributed by atoms with Crippen molar-refractivity contribution in [3.8, 4) is 23.8 Å². The van der Waals surface area contributed by atoms with Crippen LogP contribution in [-0.2, 0) is 13.7 Å². The number of para-hydroxylation sites is 1. The molecular formula is C26H27N5O2. The topological polar surface area (TPSA) is 65.2 Å². The molecule has 0 fully saturated rings. The van der Waals surface area contributed by atoms with Crippen molar-refractivity contribution in [2.75, 3.05) is 14.1 Å². The van der Waals surface area contributed by atoms with Crippen molar-refractivity contribution in [2.45, 2.75) is 26.0 Å². The Labute approximate surface area is 193 Å². The Morgan fingerprint density at radius 3 is 2.73 bits per heavy atom. The van der Waals surface area contributed by atoms with Crippen LogP contribution in [-0.4, -0.2) is 44.6 Å². The summed E-state index contributed by atoms with van der Waals surface area (Å²) in [5.41, 5.74) is 4.43. The Hall–Kier alpha value is -3.89. The van der Waals surface area contributed by atoms with Crippen LogP contribution >= 0.6 is 0 Å². The lowest BCUT2D eigenvalue weighted by Gasteiger charge is -2.24. The van der Waals surface area contributed by atoms with Crippen LogP contribution in [0, 0.1) is 12.3 Å². The third-order valence-corrected chi connectivity index (χ3v) is 5.70. The van der Waals surface area contributed by atoms with Crippen molar-refractivity contribution in [2.24, 2.45) is 7.05 Å². The summed E-state index contributed by atoms with van der Waals surface area (Å²) >= 11 is 0. The molecule has 0 spiro atoms. The predicted molar refractivity (Wildman–Crippen MR) is 129 cm³/mol. The molecule has 0 aliphatic heterocycles. The molecule has 33 heavy (non-hydrogen) atoms. The molecule has 0 aliphatic rings. The maximum absolute atomic E-state index is 12.0. The van der Waals surface area contributed by atoms with Gasteiger partial charge in [-0.05, 0) is 44.8 Å². The first-order chi connectivity index (χ1) is 16.0. The molecule has 2 heterocycles. The Kier molecular flexibility index (Phi) is 6.29. The molecule has 0 amide bonds. The number of hydrogen-bond acceptors (Lipinski definition) is 5. The molecule has 0 saturated heterocycles. The number of carbonyl (C=O) groups excluding carboxylic acids is 1. The Morgan fingerprint density at radius 2 is 2.09 bits per heavy atom. The fraction of sp³-hybridized carbons (Fsp3) is 0.269. The Morgan fingerprint density at radius 1 is 1.27 bits per heavy atom. The first-order valence-electron chi connectivity index (χ1n) is 10.8. The maximum Gasteiger partial charge on any atom is 0.152 e. The molecule has 0 saturated carbocycles. The van der Waals surface area contributed by atoms with E-state index < -0.39 is 0 Å². The minimum Gasteiger partial charge on any atom is -0.489 e. The summed E-state index contributed by atoms with van der Waals surface area (Å²) in [6.45, 7) is 2.51. The molecule has 4 rings (SSSR count). The number of aryl methyl sites for hydroxylation is 1. The SMILES string of the molecule is C#Cc1cccc(C=O)c1-n1c(C(CC)N(C)C)nc2ccc(OCc3cnn(C)c3)cc21. The molecule has 0 aliphatic carbocycles. The highest BCUT2D eigenvalue weighted by Gasteiger charge is 2.24. The fourth-order valence-corrected chi connectivity index (χ4v) is 4.14. The molecule has 1 atom stereocenters. The second-order valence-corrected chi connectivity index (χ2v) is 8.16. The number of aromatic nitrogens is 4. The van der Waals surface area contributed by atoms with Crippen LogP contribution in [0.5, 0.6) is 5.75 Å². The highest BCUT2D eigenvalue weighted by Crippen LogP contribution is 2.33. The largest absolute Gasteiger partial charge is 0.489 e. The minimum absolute atomic E-state index is 0.0301. The lowest BCUT2D eigenvalue weighted by Crippen LogP contribution is -2.23. The molecule has 0 bridgehead atoms. The van der Waals surface area contributed by atoms with Crippen molar-refractivity contribution in [3.05, 3.63) is 71.3 Å². The Bertz CT molecular complexity index is 1340. The van der Waals surface area contributed by atoms with Crippen molar-refractivity contribution in [1.29, 1.82) is 0 Å². The van der Waals surface area contributed by atoms with Gasteiger partial charge >= 0.3 is 0 Å². The summed E-state index contributed by atoms with van der Waals surface area (Å²) in [6.07, 6.45) is 11.2. The number of imidazole rings is 1. The van der Waals surface area contributed by atoms with Crippen molar-refractivity contribution in [1.82, 2.24) is 24.2 Å². The number of aldehydes is 1. The van der Waals surface area contributed by atoms with Gasteiger partial charge in [0, 0.05) is 36.0 Å². The number of terminal acetylenes is 1. The van der Waals surface area contributed by atoms with Crippen LogP contribution in [0.25, 0.3) is 16.7 Å². The number of rotatable bonds is 8. The summed E-state index contributed by atoms with van der Waals surface area (Å²) in [6, 6.07) is 11.2. The molecule has 0 N–H and O–H groups in total. The summed E-state index contributed by atoms with van der Waals surface area (Å²) < 4.78 is 9.80. The van der Waals surface area contributed by atoms with Crippen LogP contribution in [0.3, 0.4) is 0 Å². The third kappa shape index (κ3) is 4.26. The van der Waals surface area contributed by atoms with Gasteiger partial charge in [-0.15, -0.1) is 6.42 Å². The number of nitrogens with zero attached hydrogens (tertiary/aromatic N) is 5. The smallest absolute Gasteiger partial charge is 0.152 e. The normalized spacial score (nSPS) is 12.1. The second-order valence-electron chi connectivity index (χ2n) is 8.16. The van der Waals surface area contributed by atoms with Gasteiger partial charge in [0.25, 0.3) is 0 Å². The van der Waals surface area contributed by atoms with E-state index in [4.69, 9.17) is 16.1 Å². The van der Waals surface area contributed by atoms with Crippen LogP contribution in [0.4, 0.5) is 0 Å². The molecule has 2 aromatic carbocycles. The van der Waals surface area contributed by atoms with Crippen LogP contribution in [0.2, 0.25) is 0 Å². The van der Waals surface area contributed by atoms with Crippen LogP contribution in [0.15, 0.2) is 48.8 Å². The zero-order valence-corrected chi connectivity index (χ0v) is 19.3. The summed E-state index contributed by atoms with van der Waals surface area (Å²) in [5, 5.41) is 4.19. The molecule has 2 aromatic heterocycles. The second kappa shape index (κ2) is 9.31. The number of ether oxygens (including phenoxy) is 1. The van der Waals surface area contributed by atoms with Gasteiger partial charge in [-0.25, -0.2) is 4.98 Å². The predicted octanol–water partition coefficient (Wildman–Crippen LogP) is 4.14. The van der Waals surface area contributed by atoms with E-state index >= 15 is 0 Å². The monoisotopic (exact) mass is 441 g/mol. The van der Waals surface area contributed by atoms with Gasteiger partial charge < -0.3 is 4.74 Å². The van der Waals surface area contributed by atoms with E-state index in [1.807, 2.05) is 56.2 Å². The molecule has 1 unspecified atom stereocenters. The quantitative estimate of drug-likeness (QED) is 0.304. The summed E-state index contributed by atoms with van der Waals surface area (Å²) in [5.74, 6) is 4.26. The number of fused-ring (bicyclic) bond motifs is 1. The van der Waals surface area contributed by atoms with E-state index in [-0.39, 0.29) is 6.04 Å². The number of benzene rings is 2. The van der Waals surface area contributed by atoms with Gasteiger partial charge in [-0.3, -0.25) is 18.9 Å². The zero-order chi connectivity index (χ0) is 23.5. The molecule has 0 radical (unpaired) electrons. The van der Waals surface area contributed by atoms with Crippen LogP contribution in [0.1, 0.15) is 46.7 Å². The lowest BCUT2D eigenvalue weighted by atomic mass is 10.1. The van der Waals surface area contributed by atoms with Gasteiger partial charge in [0.1, 0.15) is 18.2 Å². The average Bonchev–Trinajstić information content (AvgIpc) is 3.40. The zero-order valence-electron chi connectivity index (χ0n) is 19.3. The van der Waals surface area contributed by atoms with Crippen molar-refractivity contribution in [3.63, 3.8) is 0 Å². The van der Waals surface area contributed by atoms with Gasteiger partial charge in [0.15, 0.2) is 6.29 Å². The molecule has 4 aromatic rings. The molecule has 7 heteroatoms. The van der Waals surface area contributed by atoms with Crippen molar-refractivity contribution < 1.29 is 9.53 Å². The molecular weight excluding hydrogens is 414 g/mol. The first-order valence-corrected chi connectivity index (χ1v) is 10.8. The standard InChI is InChI=1S/C26H27N5O2/c1-6-19-9-8-10-20(16-32)25(19)31-24-13-21(33-17-18-14-27-30(5)15-18)11-12-22(24)28-26(31)23(7-2)29(3)4/h1,8-16,23H,7,17H2,2-5H3. The van der Waals surface area contributed by atoms with Gasteiger partial charge in [0.2, 0.25) is 0 Å². The van der Waals surface area contributed by atoms with Crippen molar-refractivity contribution >= 4 is 17.3 Å². The van der Waals surface area contributed by atoms with E-state index in [9.17, 15) is 4.79 Å². The lowest BCUT2D eigenvalue weighted by molar-refractivity contribution is 0.112. The van der Waals surface area contributed by atoms with E-state index in [2.05, 4.69) is 22.8 Å². The molecule has 168 valence electrons. The fourth-order valence-electron chi connectivity index (χ4n) is 4.14. The van der Waals surface area contributed by atoms with E-state index in [0.29, 0.717) is 29.2 Å². The summed E-state index contributed by atoms with van der Waals surface area (Å²) in [7, 11) is 5.92. The summed E-state index contributed by atoms with van der Waals surface area (Å²) in [4.78, 5) is 19.1. The number of carbonyl (C=O) groups is 1. The van der Waals surface area contributed by atoms with Gasteiger partial charge in [-0.1, -0.05) is 18.9 Å². The highest BCUT2D eigenvalue weighted by molar-refractivity contribution is 5.87. The highest BCUT2D eigenvalue weighted by atomic mass is 16.5. The Balaban J connectivity index is 1.91. The average molecular weight is 442 g/mol. The maximum atomic E-state index is 12.0. The van der Waals surface area contributed by atoms with E-state index in [1.165, 1.54) is 0 Å². The van der Waals surface area contributed by atoms with E-state index in [0.717, 1.165) is 35.1 Å². The van der Waals surface area contributed by atoms with Gasteiger partial charge in [0.05, 0.1) is 29.0 Å². The molecule has 7 nitrogen and oxygen atoms in total. The van der Waals surface area contributed by atoms with E-state index in [1.54, 1.807) is 23.0 Å². The number of hydrogen-bond donors (Lipinski definition) is 0. The van der Waals surface area contributed by atoms with Gasteiger partial charge in [-0.2, -0.15) is 5.10 Å².